The maximum absolute atomic E-state index is 6.01. The van der Waals surface area contributed by atoms with E-state index in [2.05, 4.69) is 13.8 Å². The topological polar surface area (TPSA) is 9.23 Å². The van der Waals surface area contributed by atoms with Crippen LogP contribution in [0.4, 0.5) is 0 Å². The van der Waals surface area contributed by atoms with E-state index in [-0.39, 0.29) is 0 Å². The van der Waals surface area contributed by atoms with Gasteiger partial charge in [0.1, 0.15) is 5.75 Å². The fourth-order valence-electron chi connectivity index (χ4n) is 1.00. The van der Waals surface area contributed by atoms with Crippen LogP contribution in [0.5, 0.6) is 5.75 Å². The van der Waals surface area contributed by atoms with Gasteiger partial charge in [0.25, 0.3) is 0 Å². The Morgan fingerprint density at radius 1 is 1.36 bits per heavy atom. The largest absolute Gasteiger partial charge is 0.492 e. The molecule has 0 atom stereocenters. The van der Waals surface area contributed by atoms with Crippen molar-refractivity contribution in [3.8, 4) is 5.75 Å². The summed E-state index contributed by atoms with van der Waals surface area (Å²) in [7, 11) is 0. The van der Waals surface area contributed by atoms with Gasteiger partial charge in [-0.3, -0.25) is 0 Å². The van der Waals surface area contributed by atoms with Gasteiger partial charge >= 0.3 is 0 Å². The Bertz CT molecular complexity index is 297. The van der Waals surface area contributed by atoms with Crippen molar-refractivity contribution in [2.45, 2.75) is 19.7 Å². The van der Waals surface area contributed by atoms with Gasteiger partial charge in [-0.1, -0.05) is 31.5 Å². The Morgan fingerprint density at radius 3 is 2.57 bits per heavy atom. The highest BCUT2D eigenvalue weighted by Gasteiger charge is 2.03. The zero-order valence-corrected chi connectivity index (χ0v) is 9.90. The molecule has 0 saturated carbocycles. The molecule has 0 aliphatic rings. The summed E-state index contributed by atoms with van der Waals surface area (Å²) in [4.78, 5) is 0. The number of hydrogen-bond acceptors (Lipinski definition) is 1. The summed E-state index contributed by atoms with van der Waals surface area (Å²) in [6.07, 6.45) is 0. The number of alkyl halides is 1. The molecule has 1 aromatic rings. The first-order valence-corrected chi connectivity index (χ1v) is 5.52. The second-order valence-electron chi connectivity index (χ2n) is 3.60. The van der Waals surface area contributed by atoms with Crippen LogP contribution in [0.3, 0.4) is 0 Å². The van der Waals surface area contributed by atoms with E-state index in [1.807, 2.05) is 18.2 Å². The number of hydrogen-bond donors (Lipinski definition) is 0. The fourth-order valence-corrected chi connectivity index (χ4v) is 1.42. The Morgan fingerprint density at radius 2 is 2.07 bits per heavy atom. The highest BCUT2D eigenvalue weighted by Crippen LogP contribution is 2.26. The van der Waals surface area contributed by atoms with Gasteiger partial charge in [0.05, 0.1) is 11.6 Å². The van der Waals surface area contributed by atoms with Crippen LogP contribution < -0.4 is 4.74 Å². The van der Waals surface area contributed by atoms with Crippen LogP contribution in [0.1, 0.15) is 19.4 Å². The van der Waals surface area contributed by atoms with Gasteiger partial charge in [-0.15, -0.1) is 11.6 Å². The summed E-state index contributed by atoms with van der Waals surface area (Å²) >= 11 is 11.7. The number of rotatable bonds is 4. The second-order valence-corrected chi connectivity index (χ2v) is 4.28. The summed E-state index contributed by atoms with van der Waals surface area (Å²) in [5, 5.41) is 0.629. The first-order valence-electron chi connectivity index (χ1n) is 4.60. The van der Waals surface area contributed by atoms with Crippen molar-refractivity contribution < 1.29 is 4.74 Å². The van der Waals surface area contributed by atoms with E-state index >= 15 is 0 Å². The molecule has 0 saturated heterocycles. The standard InChI is InChI=1S/C11H14Cl2O/c1-8(2)7-14-11-4-3-9(6-12)5-10(11)13/h3-5,8H,6-7H2,1-2H3. The van der Waals surface area contributed by atoms with Crippen molar-refractivity contribution in [1.29, 1.82) is 0 Å². The zero-order valence-electron chi connectivity index (χ0n) is 8.39. The third-order valence-corrected chi connectivity index (χ3v) is 2.33. The van der Waals surface area contributed by atoms with Crippen LogP contribution in [0.2, 0.25) is 5.02 Å². The average molecular weight is 233 g/mol. The summed E-state index contributed by atoms with van der Waals surface area (Å²) in [5.74, 6) is 1.71. The lowest BCUT2D eigenvalue weighted by atomic mass is 10.2. The summed E-state index contributed by atoms with van der Waals surface area (Å²) in [6.45, 7) is 4.88. The van der Waals surface area contributed by atoms with Crippen molar-refractivity contribution in [2.24, 2.45) is 5.92 Å². The van der Waals surface area contributed by atoms with E-state index in [1.54, 1.807) is 0 Å². The molecule has 1 rings (SSSR count). The monoisotopic (exact) mass is 232 g/mol. The Labute approximate surface area is 95.0 Å². The van der Waals surface area contributed by atoms with Crippen LogP contribution >= 0.6 is 23.2 Å². The first kappa shape index (κ1) is 11.7. The lowest BCUT2D eigenvalue weighted by molar-refractivity contribution is 0.271. The smallest absolute Gasteiger partial charge is 0.137 e. The molecule has 0 bridgehead atoms. The van der Waals surface area contributed by atoms with Crippen molar-refractivity contribution in [1.82, 2.24) is 0 Å². The van der Waals surface area contributed by atoms with Crippen molar-refractivity contribution in [2.75, 3.05) is 6.61 Å². The second kappa shape index (κ2) is 5.47. The third-order valence-electron chi connectivity index (χ3n) is 1.72. The van der Waals surface area contributed by atoms with E-state index in [9.17, 15) is 0 Å². The van der Waals surface area contributed by atoms with Crippen LogP contribution in [0, 0.1) is 5.92 Å². The van der Waals surface area contributed by atoms with Crippen LogP contribution in [0.15, 0.2) is 18.2 Å². The molecule has 0 aliphatic carbocycles. The number of halogens is 2. The molecule has 0 unspecified atom stereocenters. The lowest BCUT2D eigenvalue weighted by Crippen LogP contribution is -2.04. The normalized spacial score (nSPS) is 10.6. The molecule has 0 fully saturated rings. The Balaban J connectivity index is 2.69. The molecule has 14 heavy (non-hydrogen) atoms. The van der Waals surface area contributed by atoms with Gasteiger partial charge in [0.2, 0.25) is 0 Å². The summed E-state index contributed by atoms with van der Waals surface area (Å²) in [6, 6.07) is 5.63. The fraction of sp³-hybridized carbons (Fsp3) is 0.455. The molecule has 0 spiro atoms. The van der Waals surface area contributed by atoms with Gasteiger partial charge in [0.15, 0.2) is 0 Å². The van der Waals surface area contributed by atoms with E-state index in [1.165, 1.54) is 0 Å². The summed E-state index contributed by atoms with van der Waals surface area (Å²) in [5.41, 5.74) is 1.01. The number of benzene rings is 1. The minimum Gasteiger partial charge on any atom is -0.492 e. The molecule has 0 aromatic heterocycles. The predicted molar refractivity (Wildman–Crippen MR) is 61.3 cm³/mol. The van der Waals surface area contributed by atoms with E-state index in [4.69, 9.17) is 27.9 Å². The molecule has 0 N–H and O–H groups in total. The molecule has 0 heterocycles. The van der Waals surface area contributed by atoms with Gasteiger partial charge in [0, 0.05) is 5.88 Å². The molecular formula is C11H14Cl2O. The van der Waals surface area contributed by atoms with Crippen LogP contribution in [0.25, 0.3) is 0 Å². The van der Waals surface area contributed by atoms with Crippen molar-refractivity contribution in [3.05, 3.63) is 28.8 Å². The average Bonchev–Trinajstić information content (AvgIpc) is 2.15. The minimum atomic E-state index is 0.476. The van der Waals surface area contributed by atoms with Crippen molar-refractivity contribution >= 4 is 23.2 Å². The SMILES string of the molecule is CC(C)COc1ccc(CCl)cc1Cl. The maximum Gasteiger partial charge on any atom is 0.137 e. The lowest BCUT2D eigenvalue weighted by Gasteiger charge is -2.10. The van der Waals surface area contributed by atoms with Gasteiger partial charge < -0.3 is 4.74 Å². The van der Waals surface area contributed by atoms with Gasteiger partial charge in [-0.2, -0.15) is 0 Å². The number of ether oxygens (including phenoxy) is 1. The Kier molecular flexibility index (Phi) is 4.56. The molecule has 1 aromatic carbocycles. The van der Waals surface area contributed by atoms with Gasteiger partial charge in [-0.05, 0) is 23.6 Å². The minimum absolute atomic E-state index is 0.476. The molecule has 1 nitrogen and oxygen atoms in total. The molecule has 0 aliphatic heterocycles. The molecule has 0 radical (unpaired) electrons. The maximum atomic E-state index is 6.01. The quantitative estimate of drug-likeness (QED) is 0.711. The molecule has 0 amide bonds. The predicted octanol–water partition coefficient (Wildman–Crippen LogP) is 4.11. The Hall–Kier alpha value is -0.400. The molecule has 3 heteroatoms. The third kappa shape index (κ3) is 3.39. The van der Waals surface area contributed by atoms with E-state index in [0.29, 0.717) is 23.4 Å². The highest BCUT2D eigenvalue weighted by atomic mass is 35.5. The van der Waals surface area contributed by atoms with Crippen LogP contribution in [-0.4, -0.2) is 6.61 Å². The van der Waals surface area contributed by atoms with Crippen LogP contribution in [-0.2, 0) is 5.88 Å². The van der Waals surface area contributed by atoms with E-state index in [0.717, 1.165) is 11.3 Å². The molecule has 78 valence electrons. The highest BCUT2D eigenvalue weighted by molar-refractivity contribution is 6.32. The van der Waals surface area contributed by atoms with Gasteiger partial charge in [-0.25, -0.2) is 0 Å². The summed E-state index contributed by atoms with van der Waals surface area (Å²) < 4.78 is 5.52. The zero-order chi connectivity index (χ0) is 10.6. The van der Waals surface area contributed by atoms with Crippen molar-refractivity contribution in [3.63, 3.8) is 0 Å². The van der Waals surface area contributed by atoms with E-state index < -0.39 is 0 Å². The first-order chi connectivity index (χ1) is 6.63. The molecular weight excluding hydrogens is 219 g/mol.